The molecule has 3 heterocycles. The van der Waals surface area contributed by atoms with Gasteiger partial charge in [0.25, 0.3) is 0 Å². The van der Waals surface area contributed by atoms with Gasteiger partial charge in [0, 0.05) is 25.3 Å². The number of methoxy groups -OCH3 is 1. The molecule has 0 saturated carbocycles. The smallest absolute Gasteiger partial charge is 0.318 e. The molecule has 0 amide bonds. The SMILES string of the molecule is COc1nc2c(c(NCC3CCCO3)n1)CCNC2. The topological polar surface area (TPSA) is 68.3 Å². The molecular weight excluding hydrogens is 244 g/mol. The highest BCUT2D eigenvalue weighted by molar-refractivity contribution is 5.48. The molecule has 19 heavy (non-hydrogen) atoms. The molecule has 3 rings (SSSR count). The molecule has 0 aromatic carbocycles. The lowest BCUT2D eigenvalue weighted by molar-refractivity contribution is 0.120. The van der Waals surface area contributed by atoms with Crippen LogP contribution in [0.2, 0.25) is 0 Å². The van der Waals surface area contributed by atoms with Gasteiger partial charge in [0.2, 0.25) is 0 Å². The Balaban J connectivity index is 1.77. The monoisotopic (exact) mass is 264 g/mol. The van der Waals surface area contributed by atoms with Crippen LogP contribution in [0.1, 0.15) is 24.1 Å². The van der Waals surface area contributed by atoms with Crippen molar-refractivity contribution in [2.24, 2.45) is 0 Å². The Bertz CT molecular complexity index is 447. The lowest BCUT2D eigenvalue weighted by Gasteiger charge is -2.21. The van der Waals surface area contributed by atoms with Crippen LogP contribution in [0.5, 0.6) is 6.01 Å². The molecule has 1 saturated heterocycles. The van der Waals surface area contributed by atoms with Gasteiger partial charge in [-0.3, -0.25) is 0 Å². The highest BCUT2D eigenvalue weighted by Crippen LogP contribution is 2.23. The predicted octanol–water partition coefficient (Wildman–Crippen LogP) is 0.722. The van der Waals surface area contributed by atoms with Gasteiger partial charge in [0.05, 0.1) is 18.9 Å². The molecule has 2 aliphatic rings. The number of rotatable bonds is 4. The Labute approximate surface area is 112 Å². The quantitative estimate of drug-likeness (QED) is 0.835. The lowest BCUT2D eigenvalue weighted by Crippen LogP contribution is -2.27. The Hall–Kier alpha value is -1.40. The van der Waals surface area contributed by atoms with Crippen LogP contribution in [0, 0.1) is 0 Å². The van der Waals surface area contributed by atoms with Crippen molar-refractivity contribution in [3.63, 3.8) is 0 Å². The summed E-state index contributed by atoms with van der Waals surface area (Å²) in [5, 5.41) is 6.72. The van der Waals surface area contributed by atoms with Gasteiger partial charge >= 0.3 is 6.01 Å². The standard InChI is InChI=1S/C13H20N4O2/c1-18-13-16-11-8-14-5-4-10(11)12(17-13)15-7-9-3-2-6-19-9/h9,14H,2-8H2,1H3,(H,15,16,17). The third-order valence-electron chi connectivity index (χ3n) is 3.62. The molecule has 1 unspecified atom stereocenters. The van der Waals surface area contributed by atoms with Crippen molar-refractivity contribution in [3.8, 4) is 6.01 Å². The van der Waals surface area contributed by atoms with E-state index >= 15 is 0 Å². The molecule has 2 aliphatic heterocycles. The molecule has 2 N–H and O–H groups in total. The summed E-state index contributed by atoms with van der Waals surface area (Å²) in [6, 6.07) is 0.428. The van der Waals surface area contributed by atoms with Crippen LogP contribution in [0.15, 0.2) is 0 Å². The maximum absolute atomic E-state index is 5.63. The first-order chi connectivity index (χ1) is 9.36. The van der Waals surface area contributed by atoms with E-state index in [1.165, 1.54) is 5.56 Å². The second-order valence-electron chi connectivity index (χ2n) is 4.93. The van der Waals surface area contributed by atoms with E-state index in [9.17, 15) is 0 Å². The van der Waals surface area contributed by atoms with Gasteiger partial charge in [0.1, 0.15) is 5.82 Å². The second kappa shape index (κ2) is 5.71. The first kappa shape index (κ1) is 12.6. The molecule has 6 heteroatoms. The van der Waals surface area contributed by atoms with E-state index in [0.29, 0.717) is 12.1 Å². The van der Waals surface area contributed by atoms with Crippen LogP contribution in [-0.4, -0.2) is 42.9 Å². The minimum atomic E-state index is 0.304. The third-order valence-corrected chi connectivity index (χ3v) is 3.62. The number of hydrogen-bond donors (Lipinski definition) is 2. The summed E-state index contributed by atoms with van der Waals surface area (Å²) in [5.41, 5.74) is 2.24. The molecule has 104 valence electrons. The van der Waals surface area contributed by atoms with Gasteiger partial charge in [-0.2, -0.15) is 9.97 Å². The van der Waals surface area contributed by atoms with Gasteiger partial charge in [-0.05, 0) is 25.8 Å². The fourth-order valence-electron chi connectivity index (χ4n) is 2.59. The third kappa shape index (κ3) is 2.79. The van der Waals surface area contributed by atoms with Crippen LogP contribution >= 0.6 is 0 Å². The van der Waals surface area contributed by atoms with E-state index in [1.54, 1.807) is 7.11 Å². The van der Waals surface area contributed by atoms with E-state index in [4.69, 9.17) is 9.47 Å². The normalized spacial score (nSPS) is 22.1. The average Bonchev–Trinajstić information content (AvgIpc) is 2.97. The zero-order valence-corrected chi connectivity index (χ0v) is 11.2. The van der Waals surface area contributed by atoms with E-state index in [2.05, 4.69) is 20.6 Å². The maximum Gasteiger partial charge on any atom is 0.318 e. The predicted molar refractivity (Wildman–Crippen MR) is 71.5 cm³/mol. The highest BCUT2D eigenvalue weighted by Gasteiger charge is 2.20. The maximum atomic E-state index is 5.63. The zero-order valence-electron chi connectivity index (χ0n) is 11.2. The molecule has 0 radical (unpaired) electrons. The molecule has 0 spiro atoms. The minimum absolute atomic E-state index is 0.304. The van der Waals surface area contributed by atoms with E-state index in [0.717, 1.165) is 57.0 Å². The van der Waals surface area contributed by atoms with Crippen molar-refractivity contribution in [3.05, 3.63) is 11.3 Å². The van der Waals surface area contributed by atoms with Crippen LogP contribution in [-0.2, 0) is 17.7 Å². The van der Waals surface area contributed by atoms with Gasteiger partial charge in [-0.25, -0.2) is 0 Å². The molecule has 1 aromatic rings. The first-order valence-electron chi connectivity index (χ1n) is 6.87. The van der Waals surface area contributed by atoms with Crippen molar-refractivity contribution >= 4 is 5.82 Å². The summed E-state index contributed by atoms with van der Waals surface area (Å²) in [7, 11) is 1.60. The Morgan fingerprint density at radius 1 is 1.47 bits per heavy atom. The van der Waals surface area contributed by atoms with Gasteiger partial charge in [-0.1, -0.05) is 0 Å². The number of nitrogens with zero attached hydrogens (tertiary/aromatic N) is 2. The van der Waals surface area contributed by atoms with Crippen LogP contribution in [0.4, 0.5) is 5.82 Å². The van der Waals surface area contributed by atoms with Crippen molar-refractivity contribution in [1.82, 2.24) is 15.3 Å². The van der Waals surface area contributed by atoms with Gasteiger partial charge < -0.3 is 20.1 Å². The van der Waals surface area contributed by atoms with Crippen LogP contribution < -0.4 is 15.4 Å². The van der Waals surface area contributed by atoms with Gasteiger partial charge in [-0.15, -0.1) is 0 Å². The van der Waals surface area contributed by atoms with Gasteiger partial charge in [0.15, 0.2) is 0 Å². The largest absolute Gasteiger partial charge is 0.467 e. The number of anilines is 1. The Morgan fingerprint density at radius 3 is 3.21 bits per heavy atom. The molecule has 1 fully saturated rings. The van der Waals surface area contributed by atoms with Crippen LogP contribution in [0.25, 0.3) is 0 Å². The summed E-state index contributed by atoms with van der Waals surface area (Å²) < 4.78 is 10.8. The molecule has 1 atom stereocenters. The molecule has 0 bridgehead atoms. The molecule has 6 nitrogen and oxygen atoms in total. The summed E-state index contributed by atoms with van der Waals surface area (Å²) in [6.45, 7) is 3.43. The average molecular weight is 264 g/mol. The minimum Gasteiger partial charge on any atom is -0.467 e. The van der Waals surface area contributed by atoms with Crippen molar-refractivity contribution in [2.45, 2.75) is 31.9 Å². The summed E-state index contributed by atoms with van der Waals surface area (Å²) >= 11 is 0. The lowest BCUT2D eigenvalue weighted by atomic mass is 10.1. The van der Waals surface area contributed by atoms with E-state index in [-0.39, 0.29) is 0 Å². The van der Waals surface area contributed by atoms with E-state index < -0.39 is 0 Å². The van der Waals surface area contributed by atoms with E-state index in [1.807, 2.05) is 0 Å². The molecule has 1 aromatic heterocycles. The summed E-state index contributed by atoms with van der Waals surface area (Å²) in [5.74, 6) is 0.902. The van der Waals surface area contributed by atoms with Crippen molar-refractivity contribution in [2.75, 3.05) is 32.1 Å². The number of nitrogens with one attached hydrogen (secondary N) is 2. The number of ether oxygens (including phenoxy) is 2. The highest BCUT2D eigenvalue weighted by atomic mass is 16.5. The second-order valence-corrected chi connectivity index (χ2v) is 4.93. The van der Waals surface area contributed by atoms with Crippen molar-refractivity contribution < 1.29 is 9.47 Å². The Morgan fingerprint density at radius 2 is 2.42 bits per heavy atom. The summed E-state index contributed by atoms with van der Waals surface area (Å²) in [4.78, 5) is 8.84. The molecular formula is C13H20N4O2. The number of fused-ring (bicyclic) bond motifs is 1. The fourth-order valence-corrected chi connectivity index (χ4v) is 2.59. The fraction of sp³-hybridized carbons (Fsp3) is 0.692. The summed E-state index contributed by atoms with van der Waals surface area (Å²) in [6.07, 6.45) is 3.53. The zero-order chi connectivity index (χ0) is 13.1. The van der Waals surface area contributed by atoms with Crippen LogP contribution in [0.3, 0.4) is 0 Å². The Kier molecular flexibility index (Phi) is 3.79. The first-order valence-corrected chi connectivity index (χ1v) is 6.87. The number of hydrogen-bond acceptors (Lipinski definition) is 6. The van der Waals surface area contributed by atoms with Crippen molar-refractivity contribution in [1.29, 1.82) is 0 Å². The molecule has 0 aliphatic carbocycles. The number of aromatic nitrogens is 2.